The molecular weight excluding hydrogens is 232 g/mol. The van der Waals surface area contributed by atoms with Crippen molar-refractivity contribution in [2.45, 2.75) is 20.0 Å². The van der Waals surface area contributed by atoms with E-state index in [1.165, 1.54) is 6.92 Å². The van der Waals surface area contributed by atoms with Crippen molar-refractivity contribution in [3.63, 3.8) is 0 Å². The molecule has 0 radical (unpaired) electrons. The Morgan fingerprint density at radius 3 is 2.69 bits per heavy atom. The summed E-state index contributed by atoms with van der Waals surface area (Å²) in [6.07, 6.45) is -0.937. The normalized spacial score (nSPS) is 12.6. The van der Waals surface area contributed by atoms with Gasteiger partial charge in [0.15, 0.2) is 5.78 Å². The number of rotatable bonds is 2. The Bertz CT molecular complexity index is 332. The van der Waals surface area contributed by atoms with Gasteiger partial charge in [-0.15, -0.1) is 0 Å². The van der Waals surface area contributed by atoms with Gasteiger partial charge < -0.3 is 5.11 Å². The van der Waals surface area contributed by atoms with Crippen LogP contribution < -0.4 is 0 Å². The molecule has 3 heteroatoms. The van der Waals surface area contributed by atoms with Crippen LogP contribution in [0.25, 0.3) is 0 Å². The van der Waals surface area contributed by atoms with Crippen LogP contribution in [0.4, 0.5) is 0 Å². The van der Waals surface area contributed by atoms with Crippen LogP contribution in [0.1, 0.15) is 22.8 Å². The van der Waals surface area contributed by atoms with Gasteiger partial charge in [-0.2, -0.15) is 0 Å². The zero-order chi connectivity index (χ0) is 10.0. The summed E-state index contributed by atoms with van der Waals surface area (Å²) < 4.78 is 0.849. The van der Waals surface area contributed by atoms with Gasteiger partial charge in [-0.1, -0.05) is 22.0 Å². The number of ketones is 1. The topological polar surface area (TPSA) is 37.3 Å². The minimum Gasteiger partial charge on any atom is -0.385 e. The van der Waals surface area contributed by atoms with Crippen molar-refractivity contribution < 1.29 is 9.90 Å². The first kappa shape index (κ1) is 10.4. The van der Waals surface area contributed by atoms with E-state index in [1.807, 2.05) is 19.1 Å². The Morgan fingerprint density at radius 1 is 1.54 bits per heavy atom. The van der Waals surface area contributed by atoms with Crippen molar-refractivity contribution in [2.24, 2.45) is 0 Å². The minimum atomic E-state index is -0.937. The SMILES string of the molecule is Cc1ccc(Br)cc1C(=O)C(C)O. The molecule has 0 aliphatic carbocycles. The Balaban J connectivity index is 3.13. The third-order valence-corrected chi connectivity index (χ3v) is 2.34. The van der Waals surface area contributed by atoms with Crippen LogP contribution in [0.3, 0.4) is 0 Å². The largest absolute Gasteiger partial charge is 0.385 e. The number of halogens is 1. The van der Waals surface area contributed by atoms with Crippen LogP contribution in [0.2, 0.25) is 0 Å². The van der Waals surface area contributed by atoms with E-state index in [-0.39, 0.29) is 5.78 Å². The summed E-state index contributed by atoms with van der Waals surface area (Å²) in [6, 6.07) is 5.44. The molecule has 1 unspecified atom stereocenters. The molecule has 0 heterocycles. The van der Waals surface area contributed by atoms with Gasteiger partial charge in [0.25, 0.3) is 0 Å². The molecule has 1 atom stereocenters. The van der Waals surface area contributed by atoms with E-state index in [1.54, 1.807) is 6.07 Å². The number of carbonyl (C=O) groups excluding carboxylic acids is 1. The van der Waals surface area contributed by atoms with E-state index < -0.39 is 6.10 Å². The van der Waals surface area contributed by atoms with Gasteiger partial charge in [-0.25, -0.2) is 0 Å². The van der Waals surface area contributed by atoms with Crippen molar-refractivity contribution in [1.82, 2.24) is 0 Å². The van der Waals surface area contributed by atoms with E-state index in [0.29, 0.717) is 5.56 Å². The summed E-state index contributed by atoms with van der Waals surface area (Å²) in [5, 5.41) is 9.12. The zero-order valence-corrected chi connectivity index (χ0v) is 9.13. The molecular formula is C10H11BrO2. The average Bonchev–Trinajstić information content (AvgIpc) is 2.08. The molecule has 70 valence electrons. The van der Waals surface area contributed by atoms with Crippen LogP contribution in [-0.2, 0) is 0 Å². The van der Waals surface area contributed by atoms with Gasteiger partial charge in [0, 0.05) is 10.0 Å². The average molecular weight is 243 g/mol. The van der Waals surface area contributed by atoms with Gasteiger partial charge in [0.2, 0.25) is 0 Å². The highest BCUT2D eigenvalue weighted by Gasteiger charge is 2.14. The Kier molecular flexibility index (Phi) is 3.22. The van der Waals surface area contributed by atoms with Crippen molar-refractivity contribution in [3.8, 4) is 0 Å². The number of aryl methyl sites for hydroxylation is 1. The van der Waals surface area contributed by atoms with Crippen LogP contribution in [0.5, 0.6) is 0 Å². The molecule has 1 aromatic carbocycles. The highest BCUT2D eigenvalue weighted by molar-refractivity contribution is 9.10. The summed E-state index contributed by atoms with van der Waals surface area (Å²) in [5.74, 6) is -0.237. The fraction of sp³-hybridized carbons (Fsp3) is 0.300. The van der Waals surface area contributed by atoms with E-state index >= 15 is 0 Å². The molecule has 0 aliphatic rings. The lowest BCUT2D eigenvalue weighted by Crippen LogP contribution is -2.17. The summed E-state index contributed by atoms with van der Waals surface area (Å²) in [4.78, 5) is 11.4. The lowest BCUT2D eigenvalue weighted by Gasteiger charge is -2.07. The van der Waals surface area contributed by atoms with Crippen LogP contribution >= 0.6 is 15.9 Å². The van der Waals surface area contributed by atoms with Crippen LogP contribution in [-0.4, -0.2) is 17.0 Å². The summed E-state index contributed by atoms with van der Waals surface area (Å²) in [5.41, 5.74) is 1.46. The van der Waals surface area contributed by atoms with E-state index in [0.717, 1.165) is 10.0 Å². The molecule has 2 nitrogen and oxygen atoms in total. The minimum absolute atomic E-state index is 0.237. The number of aliphatic hydroxyl groups is 1. The molecule has 0 amide bonds. The van der Waals surface area contributed by atoms with Gasteiger partial charge in [-0.3, -0.25) is 4.79 Å². The summed E-state index contributed by atoms with van der Waals surface area (Å²) in [6.45, 7) is 3.32. The Morgan fingerprint density at radius 2 is 2.15 bits per heavy atom. The molecule has 0 aromatic heterocycles. The fourth-order valence-electron chi connectivity index (χ4n) is 1.08. The predicted molar refractivity (Wildman–Crippen MR) is 54.9 cm³/mol. The standard InChI is InChI=1S/C10H11BrO2/c1-6-3-4-8(11)5-9(6)10(13)7(2)12/h3-5,7,12H,1-2H3. The van der Waals surface area contributed by atoms with Crippen LogP contribution in [0, 0.1) is 6.92 Å². The molecule has 1 aromatic rings. The van der Waals surface area contributed by atoms with Crippen molar-refractivity contribution >= 4 is 21.7 Å². The van der Waals surface area contributed by atoms with Crippen molar-refractivity contribution in [1.29, 1.82) is 0 Å². The lowest BCUT2D eigenvalue weighted by atomic mass is 10.0. The molecule has 0 fully saturated rings. The predicted octanol–water partition coefficient (Wildman–Crippen LogP) is 2.32. The van der Waals surface area contributed by atoms with Gasteiger partial charge in [0.1, 0.15) is 6.10 Å². The maximum absolute atomic E-state index is 11.4. The fourth-order valence-corrected chi connectivity index (χ4v) is 1.45. The third kappa shape index (κ3) is 2.39. The number of carbonyl (C=O) groups is 1. The number of aliphatic hydroxyl groups excluding tert-OH is 1. The first-order valence-corrected chi connectivity index (χ1v) is 4.80. The maximum atomic E-state index is 11.4. The number of benzene rings is 1. The van der Waals surface area contributed by atoms with Gasteiger partial charge in [-0.05, 0) is 31.5 Å². The zero-order valence-electron chi connectivity index (χ0n) is 7.54. The molecule has 0 aliphatic heterocycles. The van der Waals surface area contributed by atoms with Crippen molar-refractivity contribution in [2.75, 3.05) is 0 Å². The maximum Gasteiger partial charge on any atom is 0.191 e. The summed E-state index contributed by atoms with van der Waals surface area (Å²) in [7, 11) is 0. The molecule has 1 rings (SSSR count). The molecule has 0 saturated carbocycles. The quantitative estimate of drug-likeness (QED) is 0.809. The highest BCUT2D eigenvalue weighted by Crippen LogP contribution is 2.17. The first-order chi connectivity index (χ1) is 6.02. The summed E-state index contributed by atoms with van der Waals surface area (Å²) >= 11 is 3.28. The first-order valence-electron chi connectivity index (χ1n) is 4.01. The molecule has 0 bridgehead atoms. The second kappa shape index (κ2) is 4.03. The molecule has 13 heavy (non-hydrogen) atoms. The second-order valence-corrected chi connectivity index (χ2v) is 3.92. The third-order valence-electron chi connectivity index (χ3n) is 1.84. The van der Waals surface area contributed by atoms with Gasteiger partial charge in [0.05, 0.1) is 0 Å². The second-order valence-electron chi connectivity index (χ2n) is 3.00. The van der Waals surface area contributed by atoms with E-state index in [2.05, 4.69) is 15.9 Å². The smallest absolute Gasteiger partial charge is 0.191 e. The monoisotopic (exact) mass is 242 g/mol. The van der Waals surface area contributed by atoms with E-state index in [9.17, 15) is 4.79 Å². The van der Waals surface area contributed by atoms with E-state index in [4.69, 9.17) is 5.11 Å². The Labute approximate surface area is 85.7 Å². The molecule has 1 N–H and O–H groups in total. The van der Waals surface area contributed by atoms with Gasteiger partial charge >= 0.3 is 0 Å². The lowest BCUT2D eigenvalue weighted by molar-refractivity contribution is 0.0779. The highest BCUT2D eigenvalue weighted by atomic mass is 79.9. The van der Waals surface area contributed by atoms with Crippen molar-refractivity contribution in [3.05, 3.63) is 33.8 Å². The number of hydrogen-bond donors (Lipinski definition) is 1. The van der Waals surface area contributed by atoms with Crippen LogP contribution in [0.15, 0.2) is 22.7 Å². The Hall–Kier alpha value is -0.670. The number of Topliss-reactive ketones (excluding diaryl/α,β-unsaturated/α-hetero) is 1. The molecule has 0 spiro atoms. The number of hydrogen-bond acceptors (Lipinski definition) is 2. The molecule has 0 saturated heterocycles.